The van der Waals surface area contributed by atoms with Crippen LogP contribution in [0.2, 0.25) is 0 Å². The Kier molecular flexibility index (Phi) is 2.70. The topological polar surface area (TPSA) is 50.2 Å². The Bertz CT molecular complexity index is 605. The van der Waals surface area contributed by atoms with E-state index in [-0.39, 0.29) is 11.3 Å². The van der Waals surface area contributed by atoms with Gasteiger partial charge < -0.3 is 10.2 Å². The van der Waals surface area contributed by atoms with Crippen LogP contribution in [0.4, 0.5) is 4.39 Å². The van der Waals surface area contributed by atoms with E-state index >= 15 is 0 Å². The van der Waals surface area contributed by atoms with Crippen molar-refractivity contribution in [3.8, 4) is 0 Å². The molecule has 1 N–H and O–H groups in total. The Morgan fingerprint density at radius 3 is 2.86 bits per heavy atom. The molecule has 3 aliphatic rings. The van der Waals surface area contributed by atoms with Gasteiger partial charge in [0.1, 0.15) is 11.9 Å². The molecule has 0 aromatic carbocycles. The first-order valence-corrected chi connectivity index (χ1v) is 7.69. The fourth-order valence-corrected chi connectivity index (χ4v) is 4.15. The highest BCUT2D eigenvalue weighted by molar-refractivity contribution is 5.94. The third-order valence-electron chi connectivity index (χ3n) is 5.18. The van der Waals surface area contributed by atoms with Gasteiger partial charge in [-0.15, -0.1) is 0 Å². The maximum atomic E-state index is 13.4. The Morgan fingerprint density at radius 1 is 1.38 bits per heavy atom. The molecule has 21 heavy (non-hydrogen) atoms. The van der Waals surface area contributed by atoms with Gasteiger partial charge in [-0.3, -0.25) is 9.48 Å². The highest BCUT2D eigenvalue weighted by Gasteiger charge is 2.49. The normalized spacial score (nSPS) is 35.2. The molecule has 1 spiro atoms. The number of aromatic nitrogens is 2. The molecule has 5 nitrogen and oxygen atoms in total. The molecule has 2 aliphatic heterocycles. The van der Waals surface area contributed by atoms with Gasteiger partial charge in [-0.1, -0.05) is 0 Å². The first kappa shape index (κ1) is 13.2. The summed E-state index contributed by atoms with van der Waals surface area (Å²) < 4.78 is 15.3. The third kappa shape index (κ3) is 1.92. The van der Waals surface area contributed by atoms with E-state index in [9.17, 15) is 9.18 Å². The number of halogens is 1. The summed E-state index contributed by atoms with van der Waals surface area (Å²) in [6, 6.07) is 0.386. The van der Waals surface area contributed by atoms with Crippen molar-refractivity contribution in [1.82, 2.24) is 20.0 Å². The van der Waals surface area contributed by atoms with Crippen molar-refractivity contribution < 1.29 is 9.18 Å². The zero-order valence-electron chi connectivity index (χ0n) is 12.5. The lowest BCUT2D eigenvalue weighted by Gasteiger charge is -2.44. The van der Waals surface area contributed by atoms with Gasteiger partial charge in [0.05, 0.1) is 5.69 Å². The smallest absolute Gasteiger partial charge is 0.272 e. The SMILES string of the molecule is C[C@@H]1Cc2nn3c(c2CN1)C(=O)N(C)CC1(CC(F)C1)C3. The van der Waals surface area contributed by atoms with E-state index in [0.29, 0.717) is 44.2 Å². The van der Waals surface area contributed by atoms with Crippen LogP contribution in [0.1, 0.15) is 41.5 Å². The van der Waals surface area contributed by atoms with Crippen LogP contribution in [0.5, 0.6) is 0 Å². The molecule has 1 saturated carbocycles. The fraction of sp³-hybridized carbons (Fsp3) is 0.733. The van der Waals surface area contributed by atoms with Crippen molar-refractivity contribution in [3.63, 3.8) is 0 Å². The van der Waals surface area contributed by atoms with Crippen molar-refractivity contribution in [3.05, 3.63) is 17.0 Å². The van der Waals surface area contributed by atoms with Gasteiger partial charge in [0.25, 0.3) is 5.91 Å². The Balaban J connectivity index is 1.77. The first-order valence-electron chi connectivity index (χ1n) is 7.69. The highest BCUT2D eigenvalue weighted by atomic mass is 19.1. The van der Waals surface area contributed by atoms with Gasteiger partial charge in [-0.05, 0) is 19.8 Å². The summed E-state index contributed by atoms with van der Waals surface area (Å²) in [6.07, 6.45) is 1.22. The maximum absolute atomic E-state index is 13.4. The van der Waals surface area contributed by atoms with Gasteiger partial charge >= 0.3 is 0 Å². The molecule has 1 amide bonds. The molecule has 1 aliphatic carbocycles. The predicted octanol–water partition coefficient (Wildman–Crippen LogP) is 1.12. The summed E-state index contributed by atoms with van der Waals surface area (Å²) in [4.78, 5) is 14.5. The van der Waals surface area contributed by atoms with E-state index in [1.54, 1.807) is 4.90 Å². The number of fused-ring (bicyclic) bond motifs is 3. The molecule has 1 aromatic heterocycles. The molecule has 4 rings (SSSR count). The van der Waals surface area contributed by atoms with E-state index in [1.165, 1.54) is 0 Å². The Morgan fingerprint density at radius 2 is 2.14 bits per heavy atom. The summed E-state index contributed by atoms with van der Waals surface area (Å²) >= 11 is 0. The van der Waals surface area contributed by atoms with Gasteiger partial charge in [0.2, 0.25) is 0 Å². The molecular formula is C15H21FN4O. The van der Waals surface area contributed by atoms with Gasteiger partial charge in [-0.25, -0.2) is 4.39 Å². The minimum Gasteiger partial charge on any atom is -0.340 e. The molecule has 6 heteroatoms. The quantitative estimate of drug-likeness (QED) is 0.779. The standard InChI is InChI=1S/C15H21FN4O/c1-9-3-12-11(6-17-9)13-14(21)19(2)7-15(4-10(16)5-15)8-20(13)18-12/h9-10,17H,3-8H2,1-2H3/t9-,10?,15?/m1/s1. The van der Waals surface area contributed by atoms with Crippen LogP contribution in [0.15, 0.2) is 0 Å². The predicted molar refractivity (Wildman–Crippen MR) is 75.8 cm³/mol. The van der Waals surface area contributed by atoms with Crippen LogP contribution >= 0.6 is 0 Å². The lowest BCUT2D eigenvalue weighted by atomic mass is 9.67. The average molecular weight is 292 g/mol. The maximum Gasteiger partial charge on any atom is 0.272 e. The number of nitrogens with zero attached hydrogens (tertiary/aromatic N) is 3. The lowest BCUT2D eigenvalue weighted by Crippen LogP contribution is -2.48. The van der Waals surface area contributed by atoms with Crippen LogP contribution in [0, 0.1) is 5.41 Å². The number of amides is 1. The lowest BCUT2D eigenvalue weighted by molar-refractivity contribution is -0.00789. The number of nitrogens with one attached hydrogen (secondary N) is 1. The number of hydrogen-bond donors (Lipinski definition) is 1. The number of hydrogen-bond acceptors (Lipinski definition) is 3. The van der Waals surface area contributed by atoms with Crippen LogP contribution in [-0.4, -0.2) is 46.4 Å². The Labute approximate surface area is 123 Å². The molecule has 1 fully saturated rings. The van der Waals surface area contributed by atoms with Crippen molar-refractivity contribution in [2.24, 2.45) is 5.41 Å². The third-order valence-corrected chi connectivity index (χ3v) is 5.18. The van der Waals surface area contributed by atoms with E-state index in [1.807, 2.05) is 11.7 Å². The molecule has 0 unspecified atom stereocenters. The monoisotopic (exact) mass is 292 g/mol. The van der Waals surface area contributed by atoms with Crippen molar-refractivity contribution in [1.29, 1.82) is 0 Å². The van der Waals surface area contributed by atoms with E-state index in [2.05, 4.69) is 12.2 Å². The fourth-order valence-electron chi connectivity index (χ4n) is 4.15. The van der Waals surface area contributed by atoms with Crippen LogP contribution in [0.25, 0.3) is 0 Å². The minimum absolute atomic E-state index is 0.0271. The zero-order chi connectivity index (χ0) is 14.8. The van der Waals surface area contributed by atoms with Crippen LogP contribution in [0.3, 0.4) is 0 Å². The second-order valence-corrected chi connectivity index (χ2v) is 7.08. The number of alkyl halides is 1. The van der Waals surface area contributed by atoms with E-state index in [4.69, 9.17) is 5.10 Å². The number of rotatable bonds is 0. The van der Waals surface area contributed by atoms with E-state index < -0.39 is 6.17 Å². The number of carbonyl (C=O) groups excluding carboxylic acids is 1. The summed E-state index contributed by atoms with van der Waals surface area (Å²) in [5.74, 6) is 0.0271. The van der Waals surface area contributed by atoms with Crippen molar-refractivity contribution in [2.75, 3.05) is 13.6 Å². The second kappa shape index (κ2) is 4.29. The second-order valence-electron chi connectivity index (χ2n) is 7.08. The van der Waals surface area contributed by atoms with Crippen molar-refractivity contribution >= 4 is 5.91 Å². The zero-order valence-corrected chi connectivity index (χ0v) is 12.5. The summed E-state index contributed by atoms with van der Waals surface area (Å²) in [5, 5.41) is 8.10. The molecule has 1 atom stereocenters. The summed E-state index contributed by atoms with van der Waals surface area (Å²) in [7, 11) is 1.82. The van der Waals surface area contributed by atoms with Crippen LogP contribution < -0.4 is 5.32 Å². The van der Waals surface area contributed by atoms with Gasteiger partial charge in [-0.2, -0.15) is 5.10 Å². The molecule has 1 aromatic rings. The van der Waals surface area contributed by atoms with Crippen LogP contribution in [-0.2, 0) is 19.5 Å². The minimum atomic E-state index is -0.720. The first-order chi connectivity index (χ1) is 9.97. The molecule has 0 saturated heterocycles. The van der Waals surface area contributed by atoms with E-state index in [0.717, 1.165) is 17.7 Å². The molecule has 0 radical (unpaired) electrons. The summed E-state index contributed by atoms with van der Waals surface area (Å²) in [5.41, 5.74) is 2.67. The molecular weight excluding hydrogens is 271 g/mol. The largest absolute Gasteiger partial charge is 0.340 e. The molecule has 0 bridgehead atoms. The van der Waals surface area contributed by atoms with Gasteiger partial charge in [0, 0.05) is 50.1 Å². The van der Waals surface area contributed by atoms with Gasteiger partial charge in [0.15, 0.2) is 0 Å². The highest BCUT2D eigenvalue weighted by Crippen LogP contribution is 2.46. The molecule has 114 valence electrons. The van der Waals surface area contributed by atoms with Crippen molar-refractivity contribution in [2.45, 2.75) is 51.5 Å². The molecule has 3 heterocycles. The number of carbonyl (C=O) groups is 1. The summed E-state index contributed by atoms with van der Waals surface area (Å²) in [6.45, 7) is 4.13. The average Bonchev–Trinajstić information content (AvgIpc) is 2.67. The Hall–Kier alpha value is -1.43.